The fourth-order valence-electron chi connectivity index (χ4n) is 3.86. The molecule has 1 aromatic carbocycles. The van der Waals surface area contributed by atoms with Gasteiger partial charge in [0.1, 0.15) is 6.54 Å². The summed E-state index contributed by atoms with van der Waals surface area (Å²) in [6.07, 6.45) is 0.874. The van der Waals surface area contributed by atoms with Crippen molar-refractivity contribution >= 4 is 44.2 Å². The number of amides is 1. The van der Waals surface area contributed by atoms with Crippen molar-refractivity contribution in [3.63, 3.8) is 0 Å². The zero-order valence-electron chi connectivity index (χ0n) is 18.2. The molecule has 0 spiro atoms. The van der Waals surface area contributed by atoms with Crippen molar-refractivity contribution in [2.75, 3.05) is 44.3 Å². The number of thiazole rings is 1. The number of halogens is 1. The lowest BCUT2D eigenvalue weighted by Gasteiger charge is -2.27. The van der Waals surface area contributed by atoms with Gasteiger partial charge in [0.25, 0.3) is 5.91 Å². The first-order chi connectivity index (χ1) is 14.9. The minimum Gasteiger partial charge on any atom is -0.379 e. The molecule has 2 aromatic heterocycles. The van der Waals surface area contributed by atoms with Gasteiger partial charge in [-0.15, -0.1) is 0 Å². The molecule has 1 aliphatic heterocycles. The van der Waals surface area contributed by atoms with E-state index in [9.17, 15) is 4.79 Å². The molecule has 0 N–H and O–H groups in total. The molecule has 31 heavy (non-hydrogen) atoms. The van der Waals surface area contributed by atoms with Gasteiger partial charge in [0, 0.05) is 36.9 Å². The zero-order chi connectivity index (χ0) is 22.0. The van der Waals surface area contributed by atoms with Crippen molar-refractivity contribution in [2.45, 2.75) is 33.7 Å². The first-order valence-electron chi connectivity index (χ1n) is 10.6. The van der Waals surface area contributed by atoms with Crippen molar-refractivity contribution in [3.05, 3.63) is 40.2 Å². The van der Waals surface area contributed by atoms with Crippen molar-refractivity contribution < 1.29 is 9.53 Å². The van der Waals surface area contributed by atoms with Gasteiger partial charge >= 0.3 is 0 Å². The lowest BCUT2D eigenvalue weighted by atomic mass is 10.2. The summed E-state index contributed by atoms with van der Waals surface area (Å²) in [6, 6.07) is 5.85. The summed E-state index contributed by atoms with van der Waals surface area (Å²) in [5.41, 5.74) is 3.70. The van der Waals surface area contributed by atoms with Gasteiger partial charge in [0.15, 0.2) is 5.13 Å². The van der Waals surface area contributed by atoms with Crippen molar-refractivity contribution in [1.29, 1.82) is 0 Å². The van der Waals surface area contributed by atoms with Gasteiger partial charge in [-0.25, -0.2) is 4.98 Å². The van der Waals surface area contributed by atoms with Gasteiger partial charge in [-0.3, -0.25) is 19.3 Å². The van der Waals surface area contributed by atoms with Crippen molar-refractivity contribution in [3.8, 4) is 0 Å². The lowest BCUT2D eigenvalue weighted by Crippen LogP contribution is -2.40. The number of benzene rings is 1. The number of aryl methyl sites for hydroxylation is 3. The van der Waals surface area contributed by atoms with Crippen LogP contribution in [0.4, 0.5) is 5.13 Å². The van der Waals surface area contributed by atoms with E-state index in [1.165, 1.54) is 11.3 Å². The minimum absolute atomic E-state index is 0.00372. The maximum Gasteiger partial charge on any atom is 0.250 e. The number of fused-ring (bicyclic) bond motifs is 1. The van der Waals surface area contributed by atoms with Crippen LogP contribution in [0.1, 0.15) is 23.4 Å². The van der Waals surface area contributed by atoms with E-state index in [-0.39, 0.29) is 12.5 Å². The Balaban J connectivity index is 1.56. The Bertz CT molecular complexity index is 1070. The van der Waals surface area contributed by atoms with Gasteiger partial charge in [0.05, 0.1) is 29.1 Å². The van der Waals surface area contributed by atoms with Gasteiger partial charge in [-0.1, -0.05) is 22.9 Å². The molecular formula is C22H28ClN5O2S. The highest BCUT2D eigenvalue weighted by molar-refractivity contribution is 7.22. The summed E-state index contributed by atoms with van der Waals surface area (Å²) in [5, 5.41) is 5.87. The Morgan fingerprint density at radius 2 is 2.03 bits per heavy atom. The summed E-state index contributed by atoms with van der Waals surface area (Å²) >= 11 is 7.83. The fraction of sp³-hybridized carbons (Fsp3) is 0.500. The summed E-state index contributed by atoms with van der Waals surface area (Å²) in [5.74, 6) is -0.00372. The molecule has 0 bridgehead atoms. The van der Waals surface area contributed by atoms with Crippen LogP contribution in [0, 0.1) is 20.8 Å². The van der Waals surface area contributed by atoms with E-state index in [1.54, 1.807) is 4.68 Å². The molecule has 3 aromatic rings. The van der Waals surface area contributed by atoms with Crippen LogP contribution in [0.5, 0.6) is 0 Å². The number of carbonyl (C=O) groups excluding carboxylic acids is 1. The van der Waals surface area contributed by atoms with Crippen LogP contribution >= 0.6 is 22.9 Å². The van der Waals surface area contributed by atoms with Crippen molar-refractivity contribution in [2.24, 2.45) is 0 Å². The van der Waals surface area contributed by atoms with Crippen molar-refractivity contribution in [1.82, 2.24) is 19.7 Å². The number of rotatable bonds is 7. The summed E-state index contributed by atoms with van der Waals surface area (Å²) in [4.78, 5) is 22.4. The van der Waals surface area contributed by atoms with Gasteiger partial charge in [0.2, 0.25) is 0 Å². The maximum absolute atomic E-state index is 13.4. The average molecular weight is 462 g/mol. The average Bonchev–Trinajstić information content (AvgIpc) is 3.32. The molecule has 1 amide bonds. The molecule has 0 aliphatic carbocycles. The quantitative estimate of drug-likeness (QED) is 0.535. The maximum atomic E-state index is 13.4. The van der Waals surface area contributed by atoms with Crippen LogP contribution in [0.2, 0.25) is 5.02 Å². The third-order valence-corrected chi connectivity index (χ3v) is 7.07. The molecule has 0 atom stereocenters. The van der Waals surface area contributed by atoms with E-state index in [0.29, 0.717) is 16.7 Å². The molecular weight excluding hydrogens is 434 g/mol. The van der Waals surface area contributed by atoms with Gasteiger partial charge in [-0.05, 0) is 51.0 Å². The summed E-state index contributed by atoms with van der Waals surface area (Å²) in [6.45, 7) is 11.1. The molecule has 7 nitrogen and oxygen atoms in total. The smallest absolute Gasteiger partial charge is 0.250 e. The number of carbonyl (C=O) groups is 1. The summed E-state index contributed by atoms with van der Waals surface area (Å²) in [7, 11) is 0. The van der Waals surface area contributed by atoms with Crippen LogP contribution in [-0.4, -0.2) is 65.0 Å². The summed E-state index contributed by atoms with van der Waals surface area (Å²) < 4.78 is 8.24. The highest BCUT2D eigenvalue weighted by Gasteiger charge is 2.22. The second kappa shape index (κ2) is 9.65. The normalized spacial score (nSPS) is 15.0. The number of aromatic nitrogens is 3. The minimum atomic E-state index is -0.00372. The van der Waals surface area contributed by atoms with E-state index < -0.39 is 0 Å². The van der Waals surface area contributed by atoms with Crippen LogP contribution in [0.25, 0.3) is 10.2 Å². The van der Waals surface area contributed by atoms with E-state index in [2.05, 4.69) is 10.00 Å². The third-order valence-electron chi connectivity index (χ3n) is 5.62. The van der Waals surface area contributed by atoms with Crippen LogP contribution in [0.15, 0.2) is 18.2 Å². The standard InChI is InChI=1S/C22H28ClN5O2S/c1-15-13-16(2)28(25-15)14-20(29)27(8-4-7-26-9-11-30-12-10-26)22-24-21-17(3)18(23)5-6-19(21)31-22/h5-6,13H,4,7-12,14H2,1-3H3. The number of morpholine rings is 1. The molecule has 1 aliphatic rings. The number of nitrogens with zero attached hydrogens (tertiary/aromatic N) is 5. The second-order valence-corrected chi connectivity index (χ2v) is 9.37. The highest BCUT2D eigenvalue weighted by atomic mass is 35.5. The van der Waals surface area contributed by atoms with Crippen LogP contribution < -0.4 is 4.90 Å². The second-order valence-electron chi connectivity index (χ2n) is 7.95. The van der Waals surface area contributed by atoms with E-state index in [0.717, 1.165) is 66.4 Å². The molecule has 9 heteroatoms. The Hall–Kier alpha value is -2.00. The molecule has 0 saturated carbocycles. The lowest BCUT2D eigenvalue weighted by molar-refractivity contribution is -0.119. The fourth-order valence-corrected chi connectivity index (χ4v) is 5.08. The highest BCUT2D eigenvalue weighted by Crippen LogP contribution is 2.33. The molecule has 0 radical (unpaired) electrons. The zero-order valence-corrected chi connectivity index (χ0v) is 19.8. The van der Waals surface area contributed by atoms with Crippen LogP contribution in [0.3, 0.4) is 0 Å². The number of hydrogen-bond donors (Lipinski definition) is 0. The van der Waals surface area contributed by atoms with E-state index in [1.807, 2.05) is 43.9 Å². The Morgan fingerprint density at radius 3 is 2.74 bits per heavy atom. The molecule has 1 fully saturated rings. The first kappa shape index (κ1) is 22.2. The SMILES string of the molecule is Cc1cc(C)n(CC(=O)N(CCCN2CCOCC2)c2nc3c(C)c(Cl)ccc3s2)n1. The van der Waals surface area contributed by atoms with E-state index in [4.69, 9.17) is 21.3 Å². The predicted molar refractivity (Wildman–Crippen MR) is 125 cm³/mol. The molecule has 3 heterocycles. The van der Waals surface area contributed by atoms with E-state index >= 15 is 0 Å². The van der Waals surface area contributed by atoms with Gasteiger partial charge < -0.3 is 4.74 Å². The largest absolute Gasteiger partial charge is 0.379 e. The topological polar surface area (TPSA) is 63.5 Å². The molecule has 4 rings (SSSR count). The Morgan fingerprint density at radius 1 is 1.26 bits per heavy atom. The number of anilines is 1. The monoisotopic (exact) mass is 461 g/mol. The molecule has 0 unspecified atom stereocenters. The Labute approximate surface area is 191 Å². The number of ether oxygens (including phenoxy) is 1. The Kier molecular flexibility index (Phi) is 6.91. The number of hydrogen-bond acceptors (Lipinski definition) is 6. The van der Waals surface area contributed by atoms with Crippen LogP contribution in [-0.2, 0) is 16.1 Å². The third kappa shape index (κ3) is 5.09. The predicted octanol–water partition coefficient (Wildman–Crippen LogP) is 3.83. The molecule has 1 saturated heterocycles. The first-order valence-corrected chi connectivity index (χ1v) is 11.8. The van der Waals surface area contributed by atoms with Gasteiger partial charge in [-0.2, -0.15) is 5.10 Å². The molecule has 166 valence electrons.